The maximum Gasteiger partial charge on any atom is 0.416 e. The molecule has 3 rings (SSSR count). The fourth-order valence-corrected chi connectivity index (χ4v) is 4.45. The van der Waals surface area contributed by atoms with Crippen molar-refractivity contribution in [3.63, 3.8) is 0 Å². The lowest BCUT2D eigenvalue weighted by molar-refractivity contribution is -0.137. The van der Waals surface area contributed by atoms with Crippen LogP contribution in [-0.2, 0) is 15.9 Å². The highest BCUT2D eigenvalue weighted by molar-refractivity contribution is 7.94. The molecule has 0 aliphatic carbocycles. The fourth-order valence-electron chi connectivity index (χ4n) is 2.43. The van der Waals surface area contributed by atoms with Gasteiger partial charge < -0.3 is 5.32 Å². The second-order valence-corrected chi connectivity index (χ2v) is 7.96. The highest BCUT2D eigenvalue weighted by Crippen LogP contribution is 2.38. The van der Waals surface area contributed by atoms with Crippen LogP contribution < -0.4 is 5.32 Å². The first-order chi connectivity index (χ1) is 11.7. The molecule has 1 atom stereocenters. The van der Waals surface area contributed by atoms with Crippen molar-refractivity contribution >= 4 is 21.4 Å². The summed E-state index contributed by atoms with van der Waals surface area (Å²) in [7, 11) is -3.27. The maximum absolute atomic E-state index is 13.6. The number of alkyl halides is 3. The highest BCUT2D eigenvalue weighted by Gasteiger charge is 2.34. The largest absolute Gasteiger partial charge is 0.416 e. The molecule has 1 heterocycles. The molecule has 132 valence electrons. The van der Waals surface area contributed by atoms with Gasteiger partial charge in [0.15, 0.2) is 0 Å². The normalized spacial score (nSPS) is 21.6. The molecule has 0 fully saturated rings. The smallest absolute Gasteiger partial charge is 0.323 e. The Balaban J connectivity index is 2.30. The third-order valence-corrected chi connectivity index (χ3v) is 5.79. The van der Waals surface area contributed by atoms with E-state index < -0.39 is 21.5 Å². The maximum atomic E-state index is 13.6. The standard InChI is InChI=1S/C17H16F3N3OS/c1-11(2)21-16-22-14-9-8-12(17(18,19)20)10-15(14)25(24,23-16)13-6-4-3-5-7-13/h3-11H,1-2H3,(H,21,22,23,24). The lowest BCUT2D eigenvalue weighted by atomic mass is 10.2. The second kappa shape index (κ2) is 6.18. The minimum Gasteiger partial charge on any atom is -0.323 e. The SMILES string of the molecule is CC(C)N=C1N=S(=O)(c2ccccc2)c2cc(C(F)(F)F)ccc2N1. The number of nitrogens with one attached hydrogen (secondary N) is 1. The van der Waals surface area contributed by atoms with E-state index in [2.05, 4.69) is 14.7 Å². The Morgan fingerprint density at radius 3 is 2.40 bits per heavy atom. The summed E-state index contributed by atoms with van der Waals surface area (Å²) in [5.74, 6) is 0.149. The summed E-state index contributed by atoms with van der Waals surface area (Å²) >= 11 is 0. The van der Waals surface area contributed by atoms with Gasteiger partial charge in [0.2, 0.25) is 5.96 Å². The Hall–Kier alpha value is -2.35. The summed E-state index contributed by atoms with van der Waals surface area (Å²) in [5.41, 5.74) is -0.549. The average molecular weight is 367 g/mol. The first-order valence-corrected chi connectivity index (χ1v) is 9.10. The Labute approximate surface area is 144 Å². The molecule has 0 amide bonds. The van der Waals surface area contributed by atoms with Crippen molar-refractivity contribution in [2.45, 2.75) is 35.9 Å². The van der Waals surface area contributed by atoms with Gasteiger partial charge in [-0.25, -0.2) is 9.20 Å². The molecule has 8 heteroatoms. The molecular formula is C17H16F3N3OS. The number of aliphatic imine (C=N–C) groups is 1. The molecule has 1 unspecified atom stereocenters. The van der Waals surface area contributed by atoms with E-state index in [4.69, 9.17) is 0 Å². The van der Waals surface area contributed by atoms with Crippen LogP contribution in [0.5, 0.6) is 0 Å². The van der Waals surface area contributed by atoms with Gasteiger partial charge >= 0.3 is 6.18 Å². The van der Waals surface area contributed by atoms with Crippen molar-refractivity contribution in [2.75, 3.05) is 5.32 Å². The molecule has 0 spiro atoms. The number of halogens is 3. The van der Waals surface area contributed by atoms with E-state index in [1.807, 2.05) is 13.8 Å². The molecule has 2 aromatic carbocycles. The van der Waals surface area contributed by atoms with Crippen molar-refractivity contribution in [1.82, 2.24) is 0 Å². The molecule has 0 saturated heterocycles. The fraction of sp³-hybridized carbons (Fsp3) is 0.235. The molecule has 2 aromatic rings. The van der Waals surface area contributed by atoms with Crippen molar-refractivity contribution in [2.24, 2.45) is 9.36 Å². The van der Waals surface area contributed by atoms with Crippen LogP contribution in [-0.4, -0.2) is 16.2 Å². The summed E-state index contributed by atoms with van der Waals surface area (Å²) in [6.07, 6.45) is -4.53. The van der Waals surface area contributed by atoms with E-state index in [9.17, 15) is 17.4 Å². The summed E-state index contributed by atoms with van der Waals surface area (Å²) in [5, 5.41) is 2.87. The number of hydrogen-bond acceptors (Lipinski definition) is 2. The first-order valence-electron chi connectivity index (χ1n) is 7.58. The van der Waals surface area contributed by atoms with Crippen molar-refractivity contribution in [3.05, 3.63) is 54.1 Å². The van der Waals surface area contributed by atoms with Crippen LogP contribution in [0.4, 0.5) is 18.9 Å². The van der Waals surface area contributed by atoms with Gasteiger partial charge in [0.05, 0.1) is 21.0 Å². The van der Waals surface area contributed by atoms with Crippen LogP contribution in [0, 0.1) is 0 Å². The van der Waals surface area contributed by atoms with E-state index in [0.717, 1.165) is 12.1 Å². The summed E-state index contributed by atoms with van der Waals surface area (Å²) in [4.78, 5) is 4.62. The third-order valence-electron chi connectivity index (χ3n) is 3.51. The number of fused-ring (bicyclic) bond motifs is 1. The average Bonchev–Trinajstić information content (AvgIpc) is 2.54. The lowest BCUT2D eigenvalue weighted by Crippen LogP contribution is -2.23. The molecule has 4 nitrogen and oxygen atoms in total. The molecule has 0 saturated carbocycles. The van der Waals surface area contributed by atoms with E-state index >= 15 is 0 Å². The van der Waals surface area contributed by atoms with Crippen LogP contribution in [0.2, 0.25) is 0 Å². The Bertz CT molecular complexity index is 943. The quantitative estimate of drug-likeness (QED) is 0.830. The zero-order chi connectivity index (χ0) is 18.2. The minimum atomic E-state index is -4.53. The number of hydrogen-bond donors (Lipinski definition) is 1. The van der Waals surface area contributed by atoms with Crippen LogP contribution >= 0.6 is 0 Å². The van der Waals surface area contributed by atoms with Gasteiger partial charge in [0.1, 0.15) is 9.73 Å². The van der Waals surface area contributed by atoms with Crippen molar-refractivity contribution in [1.29, 1.82) is 0 Å². The van der Waals surface area contributed by atoms with Crippen LogP contribution in [0.15, 0.2) is 67.7 Å². The predicted octanol–water partition coefficient (Wildman–Crippen LogP) is 4.78. The Morgan fingerprint density at radius 1 is 1.12 bits per heavy atom. The van der Waals surface area contributed by atoms with Gasteiger partial charge in [-0.05, 0) is 44.2 Å². The summed E-state index contributed by atoms with van der Waals surface area (Å²) in [6, 6.07) is 11.3. The lowest BCUT2D eigenvalue weighted by Gasteiger charge is -2.23. The van der Waals surface area contributed by atoms with Crippen LogP contribution in [0.3, 0.4) is 0 Å². The van der Waals surface area contributed by atoms with Gasteiger partial charge in [-0.15, -0.1) is 0 Å². The highest BCUT2D eigenvalue weighted by atomic mass is 32.2. The van der Waals surface area contributed by atoms with E-state index in [1.54, 1.807) is 30.3 Å². The Morgan fingerprint density at radius 2 is 1.80 bits per heavy atom. The van der Waals surface area contributed by atoms with Gasteiger partial charge in [-0.1, -0.05) is 18.2 Å². The molecule has 0 bridgehead atoms. The molecule has 25 heavy (non-hydrogen) atoms. The van der Waals surface area contributed by atoms with Gasteiger partial charge in [0.25, 0.3) is 0 Å². The first kappa shape index (κ1) is 17.5. The Kier molecular flexibility index (Phi) is 4.32. The monoisotopic (exact) mass is 367 g/mol. The van der Waals surface area contributed by atoms with Gasteiger partial charge in [0, 0.05) is 6.04 Å². The number of benzene rings is 2. The zero-order valence-corrected chi connectivity index (χ0v) is 14.4. The predicted molar refractivity (Wildman–Crippen MR) is 91.2 cm³/mol. The zero-order valence-electron chi connectivity index (χ0n) is 13.5. The van der Waals surface area contributed by atoms with Crippen molar-refractivity contribution < 1.29 is 17.4 Å². The van der Waals surface area contributed by atoms with E-state index in [0.29, 0.717) is 10.6 Å². The second-order valence-electron chi connectivity index (χ2n) is 5.81. The molecule has 1 aliphatic heterocycles. The van der Waals surface area contributed by atoms with Gasteiger partial charge in [-0.2, -0.15) is 17.5 Å². The van der Waals surface area contributed by atoms with E-state index in [-0.39, 0.29) is 16.9 Å². The molecular weight excluding hydrogens is 351 g/mol. The third kappa shape index (κ3) is 3.39. The summed E-state index contributed by atoms with van der Waals surface area (Å²) < 4.78 is 57.1. The van der Waals surface area contributed by atoms with Crippen LogP contribution in [0.25, 0.3) is 0 Å². The molecule has 1 N–H and O–H groups in total. The number of guanidine groups is 1. The van der Waals surface area contributed by atoms with E-state index in [1.165, 1.54) is 6.07 Å². The number of anilines is 1. The molecule has 0 aromatic heterocycles. The number of nitrogens with zero attached hydrogens (tertiary/aromatic N) is 2. The van der Waals surface area contributed by atoms with Crippen molar-refractivity contribution in [3.8, 4) is 0 Å². The molecule has 0 radical (unpaired) electrons. The van der Waals surface area contributed by atoms with Crippen LogP contribution in [0.1, 0.15) is 19.4 Å². The number of rotatable bonds is 2. The minimum absolute atomic E-state index is 0.0104. The molecule has 1 aliphatic rings. The topological polar surface area (TPSA) is 53.8 Å². The summed E-state index contributed by atoms with van der Waals surface area (Å²) in [6.45, 7) is 3.66. The van der Waals surface area contributed by atoms with Gasteiger partial charge in [-0.3, -0.25) is 0 Å².